The Kier molecular flexibility index (Phi) is 4.81. The summed E-state index contributed by atoms with van der Waals surface area (Å²) in [5.41, 5.74) is 1.66. The van der Waals surface area contributed by atoms with Gasteiger partial charge in [0.25, 0.3) is 6.29 Å². The first kappa shape index (κ1) is 17.8. The van der Waals surface area contributed by atoms with Crippen LogP contribution in [0.1, 0.15) is 40.6 Å². The predicted molar refractivity (Wildman–Crippen MR) is 102 cm³/mol. The summed E-state index contributed by atoms with van der Waals surface area (Å²) >= 11 is 0. The molecule has 0 fully saturated rings. The zero-order valence-corrected chi connectivity index (χ0v) is 15.2. The molecule has 0 bridgehead atoms. The molecule has 5 nitrogen and oxygen atoms in total. The van der Waals surface area contributed by atoms with Crippen LogP contribution < -0.4 is 4.74 Å². The summed E-state index contributed by atoms with van der Waals surface area (Å²) in [6.07, 6.45) is -1.03. The van der Waals surface area contributed by atoms with E-state index in [1.54, 1.807) is 37.3 Å². The predicted octanol–water partition coefficient (Wildman–Crippen LogP) is 4.99. The number of hydrogen-bond acceptors (Lipinski definition) is 5. The molecule has 0 radical (unpaired) electrons. The van der Waals surface area contributed by atoms with Gasteiger partial charge in [0.1, 0.15) is 11.5 Å². The van der Waals surface area contributed by atoms with Gasteiger partial charge in [0.2, 0.25) is 0 Å². The second-order valence-electron chi connectivity index (χ2n) is 6.44. The molecule has 0 aliphatic carbocycles. The topological polar surface area (TPSA) is 61.8 Å². The molecule has 1 heterocycles. The highest BCUT2D eigenvalue weighted by Gasteiger charge is 2.35. The van der Waals surface area contributed by atoms with E-state index >= 15 is 0 Å². The molecule has 4 rings (SSSR count). The highest BCUT2D eigenvalue weighted by molar-refractivity contribution is 5.94. The van der Waals surface area contributed by atoms with Crippen molar-refractivity contribution >= 4 is 11.9 Å². The minimum absolute atomic E-state index is 0.417. The molecule has 2 atom stereocenters. The molecule has 0 aromatic heterocycles. The molecule has 0 amide bonds. The van der Waals surface area contributed by atoms with E-state index in [0.717, 1.165) is 0 Å². The maximum atomic E-state index is 12.8. The molecule has 1 aliphatic rings. The zero-order valence-electron chi connectivity index (χ0n) is 15.2. The van der Waals surface area contributed by atoms with Crippen molar-refractivity contribution in [3.05, 3.63) is 95.6 Å². The third-order valence-corrected chi connectivity index (χ3v) is 4.58. The Labute approximate surface area is 162 Å². The average molecular weight is 374 g/mol. The number of cyclic esters (lactones) is 1. The molecular weight excluding hydrogens is 356 g/mol. The van der Waals surface area contributed by atoms with Gasteiger partial charge in [-0.25, -0.2) is 4.79 Å². The van der Waals surface area contributed by atoms with Crippen LogP contribution in [0, 0.1) is 0 Å². The summed E-state index contributed by atoms with van der Waals surface area (Å²) in [6, 6.07) is 23.5. The van der Waals surface area contributed by atoms with Crippen molar-refractivity contribution in [1.82, 2.24) is 0 Å². The summed E-state index contributed by atoms with van der Waals surface area (Å²) in [7, 11) is 0. The number of fused-ring (bicyclic) bond motifs is 1. The van der Waals surface area contributed by atoms with Crippen LogP contribution in [0.15, 0.2) is 78.9 Å². The Morgan fingerprint density at radius 2 is 1.61 bits per heavy atom. The van der Waals surface area contributed by atoms with E-state index in [9.17, 15) is 9.59 Å². The van der Waals surface area contributed by atoms with Crippen molar-refractivity contribution in [1.29, 1.82) is 0 Å². The largest absolute Gasteiger partial charge is 0.457 e. The van der Waals surface area contributed by atoms with Gasteiger partial charge in [-0.1, -0.05) is 54.6 Å². The van der Waals surface area contributed by atoms with Crippen LogP contribution in [0.2, 0.25) is 0 Å². The lowest BCUT2D eigenvalue weighted by Crippen LogP contribution is -2.17. The first-order chi connectivity index (χ1) is 13.6. The number of carbonyl (C=O) groups is 2. The van der Waals surface area contributed by atoms with Gasteiger partial charge in [-0.15, -0.1) is 0 Å². The Balaban J connectivity index is 1.53. The molecule has 3 aromatic carbocycles. The molecule has 1 aliphatic heterocycles. The third-order valence-electron chi connectivity index (χ3n) is 4.58. The summed E-state index contributed by atoms with van der Waals surface area (Å²) < 4.78 is 16.6. The van der Waals surface area contributed by atoms with Crippen LogP contribution in [-0.4, -0.2) is 11.9 Å². The number of ether oxygens (including phenoxy) is 3. The van der Waals surface area contributed by atoms with Crippen LogP contribution in [0.25, 0.3) is 0 Å². The van der Waals surface area contributed by atoms with E-state index in [-0.39, 0.29) is 0 Å². The summed E-state index contributed by atoms with van der Waals surface area (Å²) in [5, 5.41) is 0. The van der Waals surface area contributed by atoms with E-state index in [4.69, 9.17) is 14.2 Å². The molecule has 140 valence electrons. The van der Waals surface area contributed by atoms with Crippen LogP contribution in [-0.2, 0) is 14.3 Å². The van der Waals surface area contributed by atoms with Gasteiger partial charge >= 0.3 is 11.9 Å². The SMILES string of the molecule is CC(C(=O)OC1OC(=O)c2ccccc21)c1ccccc1Oc1ccccc1. The molecule has 0 N–H and O–H groups in total. The van der Waals surface area contributed by atoms with Gasteiger partial charge in [-0.3, -0.25) is 4.79 Å². The minimum Gasteiger partial charge on any atom is -0.457 e. The van der Waals surface area contributed by atoms with Gasteiger partial charge in [0.05, 0.1) is 11.5 Å². The lowest BCUT2D eigenvalue weighted by atomic mass is 10.00. The Hall–Kier alpha value is -3.60. The molecule has 0 spiro atoms. The van der Waals surface area contributed by atoms with Crippen LogP contribution >= 0.6 is 0 Å². The second-order valence-corrected chi connectivity index (χ2v) is 6.44. The normalized spacial score (nSPS) is 16.0. The third kappa shape index (κ3) is 3.47. The van der Waals surface area contributed by atoms with E-state index in [2.05, 4.69) is 0 Å². The highest BCUT2D eigenvalue weighted by atomic mass is 16.7. The van der Waals surface area contributed by atoms with Crippen LogP contribution in [0.3, 0.4) is 0 Å². The fourth-order valence-electron chi connectivity index (χ4n) is 3.08. The highest BCUT2D eigenvalue weighted by Crippen LogP contribution is 2.35. The summed E-state index contributed by atoms with van der Waals surface area (Å²) in [6.45, 7) is 1.73. The van der Waals surface area contributed by atoms with Crippen molar-refractivity contribution in [2.75, 3.05) is 0 Å². The van der Waals surface area contributed by atoms with Crippen molar-refractivity contribution in [3.63, 3.8) is 0 Å². The fourth-order valence-corrected chi connectivity index (χ4v) is 3.08. The van der Waals surface area contributed by atoms with Crippen molar-refractivity contribution in [2.24, 2.45) is 0 Å². The number of para-hydroxylation sites is 2. The van der Waals surface area contributed by atoms with Gasteiger partial charge < -0.3 is 14.2 Å². The zero-order chi connectivity index (χ0) is 19.5. The standard InChI is InChI=1S/C23H18O5/c1-15(17-11-7-8-14-20(17)26-16-9-3-2-4-10-16)21(24)27-23-19-13-6-5-12-18(19)22(25)28-23/h2-15,23H,1H3. The first-order valence-electron chi connectivity index (χ1n) is 8.95. The minimum atomic E-state index is -1.03. The molecular formula is C23H18O5. The van der Waals surface area contributed by atoms with Crippen molar-refractivity contribution < 1.29 is 23.8 Å². The molecule has 0 saturated heterocycles. The monoisotopic (exact) mass is 374 g/mol. The average Bonchev–Trinajstić information content (AvgIpc) is 3.04. The summed E-state index contributed by atoms with van der Waals surface area (Å²) in [4.78, 5) is 24.7. The maximum Gasteiger partial charge on any atom is 0.342 e. The number of hydrogen-bond donors (Lipinski definition) is 0. The maximum absolute atomic E-state index is 12.8. The Morgan fingerprint density at radius 3 is 2.43 bits per heavy atom. The summed E-state index contributed by atoms with van der Waals surface area (Å²) in [5.74, 6) is -0.352. The van der Waals surface area contributed by atoms with E-state index in [0.29, 0.717) is 28.2 Å². The number of carbonyl (C=O) groups excluding carboxylic acids is 2. The van der Waals surface area contributed by atoms with Crippen LogP contribution in [0.5, 0.6) is 11.5 Å². The Bertz CT molecular complexity index is 1010. The number of rotatable bonds is 5. The number of esters is 2. The van der Waals surface area contributed by atoms with Gasteiger partial charge in [0, 0.05) is 11.1 Å². The lowest BCUT2D eigenvalue weighted by Gasteiger charge is -2.18. The Morgan fingerprint density at radius 1 is 0.929 bits per heavy atom. The van der Waals surface area contributed by atoms with E-state index < -0.39 is 24.1 Å². The van der Waals surface area contributed by atoms with E-state index in [1.165, 1.54) is 0 Å². The van der Waals surface area contributed by atoms with Crippen molar-refractivity contribution in [3.8, 4) is 11.5 Å². The van der Waals surface area contributed by atoms with Gasteiger partial charge in [-0.2, -0.15) is 0 Å². The van der Waals surface area contributed by atoms with Gasteiger partial charge in [-0.05, 0) is 31.2 Å². The molecule has 0 saturated carbocycles. The molecule has 5 heteroatoms. The fraction of sp³-hybridized carbons (Fsp3) is 0.130. The molecule has 28 heavy (non-hydrogen) atoms. The second kappa shape index (κ2) is 7.56. The van der Waals surface area contributed by atoms with Gasteiger partial charge in [0.15, 0.2) is 0 Å². The lowest BCUT2D eigenvalue weighted by molar-refractivity contribution is -0.169. The smallest absolute Gasteiger partial charge is 0.342 e. The van der Waals surface area contributed by atoms with E-state index in [1.807, 2.05) is 48.5 Å². The quantitative estimate of drug-likeness (QED) is 0.589. The molecule has 3 aromatic rings. The molecule has 2 unspecified atom stereocenters. The number of benzene rings is 3. The first-order valence-corrected chi connectivity index (χ1v) is 8.95. The van der Waals surface area contributed by atoms with Crippen LogP contribution in [0.4, 0.5) is 0 Å². The van der Waals surface area contributed by atoms with Crippen molar-refractivity contribution in [2.45, 2.75) is 19.1 Å².